The van der Waals surface area contributed by atoms with Crippen molar-refractivity contribution in [1.82, 2.24) is 15.5 Å². The van der Waals surface area contributed by atoms with Crippen LogP contribution in [0.4, 0.5) is 0 Å². The van der Waals surface area contributed by atoms with Crippen LogP contribution in [0.1, 0.15) is 36.8 Å². The smallest absolute Gasteiger partial charge is 0.292 e. The van der Waals surface area contributed by atoms with Crippen molar-refractivity contribution in [1.29, 1.82) is 0 Å². The van der Waals surface area contributed by atoms with Gasteiger partial charge in [0, 0.05) is 13.0 Å². The van der Waals surface area contributed by atoms with Gasteiger partial charge < -0.3 is 15.6 Å². The minimum Gasteiger partial charge on any atom is -0.349 e. The predicted molar refractivity (Wildman–Crippen MR) is 58.8 cm³/mol. The Kier molecular flexibility index (Phi) is 4.91. The quantitative estimate of drug-likeness (QED) is 0.729. The van der Waals surface area contributed by atoms with Gasteiger partial charge in [0.05, 0.1) is 0 Å². The van der Waals surface area contributed by atoms with E-state index in [1.165, 1.54) is 0 Å². The highest BCUT2D eigenvalue weighted by molar-refractivity contribution is 5.90. The molecule has 1 unspecified atom stereocenters. The van der Waals surface area contributed by atoms with E-state index in [4.69, 9.17) is 10.3 Å². The van der Waals surface area contributed by atoms with Crippen LogP contribution in [-0.2, 0) is 6.42 Å². The molecular weight excluding hydrogens is 208 g/mol. The van der Waals surface area contributed by atoms with E-state index in [-0.39, 0.29) is 11.7 Å². The number of aryl methyl sites for hydroxylation is 1. The van der Waals surface area contributed by atoms with E-state index in [0.29, 0.717) is 31.3 Å². The number of aromatic nitrogens is 2. The Bertz CT molecular complexity index is 337. The summed E-state index contributed by atoms with van der Waals surface area (Å²) in [6.07, 6.45) is 1.54. The summed E-state index contributed by atoms with van der Waals surface area (Å²) in [4.78, 5) is 15.3. The molecule has 6 heteroatoms. The zero-order chi connectivity index (χ0) is 12.0. The minimum absolute atomic E-state index is 0.0947. The van der Waals surface area contributed by atoms with Crippen molar-refractivity contribution in [3.63, 3.8) is 0 Å². The lowest BCUT2D eigenvalue weighted by Crippen LogP contribution is -2.23. The third-order valence-electron chi connectivity index (χ3n) is 2.26. The molecule has 16 heavy (non-hydrogen) atoms. The Labute approximate surface area is 94.6 Å². The van der Waals surface area contributed by atoms with Gasteiger partial charge in [-0.05, 0) is 25.8 Å². The van der Waals surface area contributed by atoms with E-state index >= 15 is 0 Å². The van der Waals surface area contributed by atoms with Crippen molar-refractivity contribution < 1.29 is 9.32 Å². The van der Waals surface area contributed by atoms with E-state index in [1.54, 1.807) is 0 Å². The van der Waals surface area contributed by atoms with Crippen LogP contribution in [0, 0.1) is 5.92 Å². The van der Waals surface area contributed by atoms with Crippen LogP contribution in [-0.4, -0.2) is 29.1 Å². The van der Waals surface area contributed by atoms with Gasteiger partial charge in [-0.1, -0.05) is 12.1 Å². The summed E-state index contributed by atoms with van der Waals surface area (Å²) in [5, 5.41) is 6.22. The molecule has 1 atom stereocenters. The molecule has 0 bridgehead atoms. The summed E-state index contributed by atoms with van der Waals surface area (Å²) in [6.45, 7) is 5.08. The maximum atomic E-state index is 11.3. The second kappa shape index (κ2) is 6.22. The van der Waals surface area contributed by atoms with Crippen LogP contribution in [0.15, 0.2) is 4.52 Å². The van der Waals surface area contributed by atoms with Crippen molar-refractivity contribution >= 4 is 5.91 Å². The van der Waals surface area contributed by atoms with Gasteiger partial charge >= 0.3 is 0 Å². The highest BCUT2D eigenvalue weighted by Gasteiger charge is 2.13. The fraction of sp³-hybridized carbons (Fsp3) is 0.700. The van der Waals surface area contributed by atoms with E-state index in [2.05, 4.69) is 22.4 Å². The number of nitrogens with zero attached hydrogens (tertiary/aromatic N) is 2. The van der Waals surface area contributed by atoms with Gasteiger partial charge in [-0.25, -0.2) is 0 Å². The SMILES string of the molecule is CCNC(=O)c1noc(CCC(C)CN)n1. The molecule has 0 aliphatic carbocycles. The first-order chi connectivity index (χ1) is 7.67. The molecule has 0 spiro atoms. The summed E-state index contributed by atoms with van der Waals surface area (Å²) in [5.74, 6) is 0.697. The number of carbonyl (C=O) groups excluding carboxylic acids is 1. The lowest BCUT2D eigenvalue weighted by atomic mass is 10.1. The molecule has 0 fully saturated rings. The molecule has 1 aromatic rings. The van der Waals surface area contributed by atoms with Crippen LogP contribution in [0.2, 0.25) is 0 Å². The van der Waals surface area contributed by atoms with Gasteiger partial charge in [-0.15, -0.1) is 0 Å². The summed E-state index contributed by atoms with van der Waals surface area (Å²) < 4.78 is 4.96. The van der Waals surface area contributed by atoms with Crippen LogP contribution in [0.3, 0.4) is 0 Å². The highest BCUT2D eigenvalue weighted by Crippen LogP contribution is 2.06. The molecule has 1 amide bonds. The maximum absolute atomic E-state index is 11.3. The monoisotopic (exact) mass is 226 g/mol. The lowest BCUT2D eigenvalue weighted by Gasteiger charge is -2.03. The first kappa shape index (κ1) is 12.6. The number of rotatable bonds is 6. The largest absolute Gasteiger partial charge is 0.349 e. The number of carbonyl (C=O) groups is 1. The number of hydrogen-bond donors (Lipinski definition) is 2. The Morgan fingerprint density at radius 2 is 2.38 bits per heavy atom. The van der Waals surface area contributed by atoms with Crippen LogP contribution < -0.4 is 11.1 Å². The van der Waals surface area contributed by atoms with Crippen LogP contribution in [0.5, 0.6) is 0 Å². The third kappa shape index (κ3) is 3.62. The molecule has 0 aliphatic heterocycles. The van der Waals surface area contributed by atoms with E-state index in [9.17, 15) is 4.79 Å². The number of nitrogens with two attached hydrogens (primary N) is 1. The van der Waals surface area contributed by atoms with Gasteiger partial charge in [0.25, 0.3) is 11.7 Å². The maximum Gasteiger partial charge on any atom is 0.292 e. The molecular formula is C10H18N4O2. The molecule has 0 radical (unpaired) electrons. The molecule has 6 nitrogen and oxygen atoms in total. The van der Waals surface area contributed by atoms with Crippen molar-refractivity contribution in [2.24, 2.45) is 11.7 Å². The number of amides is 1. The van der Waals surface area contributed by atoms with E-state index in [1.807, 2.05) is 6.92 Å². The Morgan fingerprint density at radius 3 is 3.00 bits per heavy atom. The second-order valence-electron chi connectivity index (χ2n) is 3.75. The van der Waals surface area contributed by atoms with Crippen molar-refractivity contribution in [2.75, 3.05) is 13.1 Å². The molecule has 0 aliphatic rings. The topological polar surface area (TPSA) is 94.0 Å². The fourth-order valence-corrected chi connectivity index (χ4v) is 1.18. The normalized spacial score (nSPS) is 12.4. The fourth-order valence-electron chi connectivity index (χ4n) is 1.18. The first-order valence-electron chi connectivity index (χ1n) is 5.48. The van der Waals surface area contributed by atoms with Gasteiger partial charge in [0.2, 0.25) is 5.89 Å². The molecule has 1 rings (SSSR count). The number of nitrogens with one attached hydrogen (secondary N) is 1. The van der Waals surface area contributed by atoms with Crippen molar-refractivity contribution in [2.45, 2.75) is 26.7 Å². The molecule has 0 saturated carbocycles. The van der Waals surface area contributed by atoms with Gasteiger partial charge in [-0.2, -0.15) is 4.98 Å². The Balaban J connectivity index is 2.48. The van der Waals surface area contributed by atoms with E-state index < -0.39 is 0 Å². The molecule has 1 aromatic heterocycles. The summed E-state index contributed by atoms with van der Waals surface area (Å²) in [5.41, 5.74) is 5.50. The molecule has 90 valence electrons. The Hall–Kier alpha value is -1.43. The molecule has 1 heterocycles. The zero-order valence-electron chi connectivity index (χ0n) is 9.69. The lowest BCUT2D eigenvalue weighted by molar-refractivity contribution is 0.0942. The van der Waals surface area contributed by atoms with E-state index in [0.717, 1.165) is 6.42 Å². The third-order valence-corrected chi connectivity index (χ3v) is 2.26. The van der Waals surface area contributed by atoms with Crippen LogP contribution in [0.25, 0.3) is 0 Å². The van der Waals surface area contributed by atoms with Crippen molar-refractivity contribution in [3.8, 4) is 0 Å². The standard InChI is InChI=1S/C10H18N4O2/c1-3-12-10(15)9-13-8(16-14-9)5-4-7(2)6-11/h7H,3-6,11H2,1-2H3,(H,12,15). The van der Waals surface area contributed by atoms with Crippen LogP contribution >= 0.6 is 0 Å². The summed E-state index contributed by atoms with van der Waals surface area (Å²) >= 11 is 0. The minimum atomic E-state index is -0.302. The van der Waals surface area contributed by atoms with Crippen molar-refractivity contribution in [3.05, 3.63) is 11.7 Å². The zero-order valence-corrected chi connectivity index (χ0v) is 9.69. The number of hydrogen-bond acceptors (Lipinski definition) is 5. The highest BCUT2D eigenvalue weighted by atomic mass is 16.5. The summed E-state index contributed by atoms with van der Waals surface area (Å²) in [7, 11) is 0. The molecule has 0 saturated heterocycles. The molecule has 0 aromatic carbocycles. The average molecular weight is 226 g/mol. The molecule has 3 N–H and O–H groups in total. The van der Waals surface area contributed by atoms with Gasteiger partial charge in [-0.3, -0.25) is 4.79 Å². The summed E-state index contributed by atoms with van der Waals surface area (Å²) in [6, 6.07) is 0. The average Bonchev–Trinajstić information content (AvgIpc) is 2.75. The Morgan fingerprint density at radius 1 is 1.62 bits per heavy atom. The van der Waals surface area contributed by atoms with Gasteiger partial charge in [0.1, 0.15) is 0 Å². The van der Waals surface area contributed by atoms with Gasteiger partial charge in [0.15, 0.2) is 0 Å². The second-order valence-corrected chi connectivity index (χ2v) is 3.75. The first-order valence-corrected chi connectivity index (χ1v) is 5.48. The predicted octanol–water partition coefficient (Wildman–Crippen LogP) is 0.347.